The third kappa shape index (κ3) is 3.48. The van der Waals surface area contributed by atoms with Crippen molar-refractivity contribution >= 4 is 39.6 Å². The van der Waals surface area contributed by atoms with Crippen LogP contribution in [0.2, 0.25) is 5.02 Å². The van der Waals surface area contributed by atoms with Gasteiger partial charge < -0.3 is 11.1 Å². The standard InChI is InChI=1S/C23H18ClN7O2/c1-13(28-22(32)20-18-11-26-12-27-31(18)29-21(20)25)17-10-14-6-5-9-16(24)19(14)23(33)30(17)15-7-3-2-4-8-15/h2-13H,1H3,(H2,25,29)(H,28,32)/t13-/m0/s1. The SMILES string of the molecule is C[C@H](NC(=O)c1c(N)nn2ncncc12)c1cc2cccc(Cl)c2c(=O)n1-c1ccccc1. The van der Waals surface area contributed by atoms with Crippen LogP contribution in [0.25, 0.3) is 22.0 Å². The molecule has 9 nitrogen and oxygen atoms in total. The van der Waals surface area contributed by atoms with E-state index >= 15 is 0 Å². The summed E-state index contributed by atoms with van der Waals surface area (Å²) in [6.07, 6.45) is 2.77. The van der Waals surface area contributed by atoms with E-state index in [0.717, 1.165) is 0 Å². The van der Waals surface area contributed by atoms with Crippen LogP contribution in [-0.4, -0.2) is 30.3 Å². The number of fused-ring (bicyclic) bond motifs is 2. The van der Waals surface area contributed by atoms with Gasteiger partial charge in [0.1, 0.15) is 17.4 Å². The molecular weight excluding hydrogens is 442 g/mol. The van der Waals surface area contributed by atoms with Gasteiger partial charge >= 0.3 is 0 Å². The minimum atomic E-state index is -0.562. The summed E-state index contributed by atoms with van der Waals surface area (Å²) >= 11 is 6.36. The van der Waals surface area contributed by atoms with Gasteiger partial charge in [-0.3, -0.25) is 14.2 Å². The average Bonchev–Trinajstić information content (AvgIpc) is 3.15. The predicted molar refractivity (Wildman–Crippen MR) is 126 cm³/mol. The smallest absolute Gasteiger partial charge is 0.264 e. The molecule has 5 rings (SSSR count). The summed E-state index contributed by atoms with van der Waals surface area (Å²) in [7, 11) is 0. The minimum Gasteiger partial charge on any atom is -0.381 e. The molecule has 0 aliphatic heterocycles. The maximum atomic E-state index is 13.5. The molecule has 5 aromatic rings. The highest BCUT2D eigenvalue weighted by Crippen LogP contribution is 2.26. The Balaban J connectivity index is 1.64. The zero-order valence-corrected chi connectivity index (χ0v) is 18.2. The van der Waals surface area contributed by atoms with Crippen molar-refractivity contribution in [2.24, 2.45) is 0 Å². The summed E-state index contributed by atoms with van der Waals surface area (Å²) in [6.45, 7) is 1.79. The van der Waals surface area contributed by atoms with E-state index in [2.05, 4.69) is 20.5 Å². The number of nitrogen functional groups attached to an aromatic ring is 1. The largest absolute Gasteiger partial charge is 0.381 e. The summed E-state index contributed by atoms with van der Waals surface area (Å²) in [5, 5.41) is 12.4. The maximum absolute atomic E-state index is 13.5. The third-order valence-electron chi connectivity index (χ3n) is 5.41. The molecule has 0 aliphatic carbocycles. The van der Waals surface area contributed by atoms with Gasteiger partial charge in [0.2, 0.25) is 0 Å². The van der Waals surface area contributed by atoms with Gasteiger partial charge in [-0.1, -0.05) is 41.9 Å². The number of halogens is 1. The molecule has 0 spiro atoms. The fourth-order valence-corrected chi connectivity index (χ4v) is 4.16. The molecule has 1 atom stereocenters. The van der Waals surface area contributed by atoms with Gasteiger partial charge in [0.15, 0.2) is 5.82 Å². The van der Waals surface area contributed by atoms with Crippen LogP contribution >= 0.6 is 11.6 Å². The van der Waals surface area contributed by atoms with Crippen LogP contribution < -0.4 is 16.6 Å². The van der Waals surface area contributed by atoms with E-state index in [-0.39, 0.29) is 16.9 Å². The van der Waals surface area contributed by atoms with Gasteiger partial charge in [0.25, 0.3) is 11.5 Å². The zero-order valence-electron chi connectivity index (χ0n) is 17.4. The molecule has 0 aliphatic rings. The fourth-order valence-electron chi connectivity index (χ4n) is 3.90. The molecule has 0 unspecified atom stereocenters. The van der Waals surface area contributed by atoms with Crippen molar-refractivity contribution < 1.29 is 4.79 Å². The number of hydrogen-bond acceptors (Lipinski definition) is 6. The number of pyridine rings is 1. The molecule has 0 bridgehead atoms. The lowest BCUT2D eigenvalue weighted by molar-refractivity contribution is 0.0941. The van der Waals surface area contributed by atoms with E-state index < -0.39 is 11.9 Å². The Morgan fingerprint density at radius 1 is 1.15 bits per heavy atom. The first kappa shape index (κ1) is 20.7. The molecule has 1 amide bonds. The first-order valence-corrected chi connectivity index (χ1v) is 10.5. The summed E-state index contributed by atoms with van der Waals surface area (Å²) in [5.74, 6) is -0.422. The van der Waals surface area contributed by atoms with Gasteiger partial charge in [0, 0.05) is 11.4 Å². The maximum Gasteiger partial charge on any atom is 0.264 e. The quantitative estimate of drug-likeness (QED) is 0.426. The van der Waals surface area contributed by atoms with Gasteiger partial charge in [-0.15, -0.1) is 14.8 Å². The number of benzene rings is 2. The van der Waals surface area contributed by atoms with E-state index in [1.807, 2.05) is 42.5 Å². The highest BCUT2D eigenvalue weighted by molar-refractivity contribution is 6.35. The van der Waals surface area contributed by atoms with Crippen molar-refractivity contribution in [3.8, 4) is 5.69 Å². The average molecular weight is 460 g/mol. The summed E-state index contributed by atoms with van der Waals surface area (Å²) < 4.78 is 2.81. The Kier molecular flexibility index (Phi) is 5.02. The van der Waals surface area contributed by atoms with Crippen molar-refractivity contribution in [3.63, 3.8) is 0 Å². The molecule has 3 N–H and O–H groups in total. The Bertz CT molecular complexity index is 1580. The molecule has 3 aromatic heterocycles. The van der Waals surface area contributed by atoms with Crippen molar-refractivity contribution in [1.29, 1.82) is 0 Å². The number of amides is 1. The number of para-hydroxylation sites is 1. The van der Waals surface area contributed by atoms with Crippen molar-refractivity contribution in [2.45, 2.75) is 13.0 Å². The predicted octanol–water partition coefficient (Wildman–Crippen LogP) is 3.16. The van der Waals surface area contributed by atoms with E-state index in [9.17, 15) is 9.59 Å². The lowest BCUT2D eigenvalue weighted by atomic mass is 10.1. The van der Waals surface area contributed by atoms with Crippen LogP contribution in [-0.2, 0) is 0 Å². The molecule has 10 heteroatoms. The third-order valence-corrected chi connectivity index (χ3v) is 5.73. The number of anilines is 1. The van der Waals surface area contributed by atoms with Gasteiger partial charge in [-0.05, 0) is 36.6 Å². The molecule has 164 valence electrons. The summed E-state index contributed by atoms with van der Waals surface area (Å²) in [6, 6.07) is 15.8. The number of hydrogen-bond donors (Lipinski definition) is 2. The molecular formula is C23H18ClN7O2. The molecule has 3 heterocycles. The van der Waals surface area contributed by atoms with Crippen LogP contribution in [0, 0.1) is 0 Å². The number of nitrogens with one attached hydrogen (secondary N) is 1. The van der Waals surface area contributed by atoms with Crippen LogP contribution in [0.1, 0.15) is 29.0 Å². The van der Waals surface area contributed by atoms with Crippen molar-refractivity contribution in [1.82, 2.24) is 29.7 Å². The van der Waals surface area contributed by atoms with Crippen molar-refractivity contribution in [3.05, 3.63) is 93.8 Å². The summed E-state index contributed by atoms with van der Waals surface area (Å²) in [5.41, 5.74) is 7.49. The second kappa shape index (κ2) is 8.03. The van der Waals surface area contributed by atoms with Crippen LogP contribution in [0.4, 0.5) is 5.82 Å². The number of carbonyl (C=O) groups is 1. The second-order valence-electron chi connectivity index (χ2n) is 7.49. The number of aromatic nitrogens is 5. The highest BCUT2D eigenvalue weighted by Gasteiger charge is 2.23. The van der Waals surface area contributed by atoms with Crippen LogP contribution in [0.3, 0.4) is 0 Å². The van der Waals surface area contributed by atoms with E-state index in [1.165, 1.54) is 17.2 Å². The lowest BCUT2D eigenvalue weighted by Crippen LogP contribution is -2.32. The zero-order chi connectivity index (χ0) is 23.1. The Morgan fingerprint density at radius 2 is 1.94 bits per heavy atom. The Labute approximate surface area is 192 Å². The Morgan fingerprint density at radius 3 is 2.73 bits per heavy atom. The summed E-state index contributed by atoms with van der Waals surface area (Å²) in [4.78, 5) is 30.6. The molecule has 2 aromatic carbocycles. The number of carbonyl (C=O) groups excluding carboxylic acids is 1. The van der Waals surface area contributed by atoms with Gasteiger partial charge in [-0.2, -0.15) is 0 Å². The number of rotatable bonds is 4. The molecule has 0 saturated carbocycles. The molecule has 33 heavy (non-hydrogen) atoms. The van der Waals surface area contributed by atoms with Crippen molar-refractivity contribution in [2.75, 3.05) is 5.73 Å². The topological polar surface area (TPSA) is 120 Å². The van der Waals surface area contributed by atoms with E-state index in [4.69, 9.17) is 17.3 Å². The number of nitrogens with two attached hydrogens (primary N) is 1. The Hall–Kier alpha value is -4.24. The number of nitrogens with zero attached hydrogens (tertiary/aromatic N) is 5. The first-order valence-electron chi connectivity index (χ1n) is 10.1. The van der Waals surface area contributed by atoms with E-state index in [1.54, 1.807) is 23.6 Å². The van der Waals surface area contributed by atoms with E-state index in [0.29, 0.717) is 32.7 Å². The monoisotopic (exact) mass is 459 g/mol. The molecule has 0 saturated heterocycles. The lowest BCUT2D eigenvalue weighted by Gasteiger charge is -2.21. The molecule has 0 radical (unpaired) electrons. The fraction of sp³-hybridized carbons (Fsp3) is 0.0870. The highest BCUT2D eigenvalue weighted by atomic mass is 35.5. The minimum absolute atomic E-state index is 0.0333. The first-order chi connectivity index (χ1) is 16.0. The van der Waals surface area contributed by atoms with Crippen LogP contribution in [0.15, 0.2) is 71.9 Å². The second-order valence-corrected chi connectivity index (χ2v) is 7.90. The normalized spacial score (nSPS) is 12.2. The van der Waals surface area contributed by atoms with Crippen LogP contribution in [0.5, 0.6) is 0 Å². The van der Waals surface area contributed by atoms with Gasteiger partial charge in [-0.25, -0.2) is 4.98 Å². The van der Waals surface area contributed by atoms with Gasteiger partial charge in [0.05, 0.1) is 22.6 Å². The molecule has 0 fully saturated rings.